The average Bonchev–Trinajstić information content (AvgIpc) is 1.85. The van der Waals surface area contributed by atoms with Gasteiger partial charge in [0.2, 0.25) is 0 Å². The van der Waals surface area contributed by atoms with Crippen molar-refractivity contribution in [2.24, 2.45) is 5.73 Å². The highest BCUT2D eigenvalue weighted by atomic mass is 31.2. The Hall–Kier alpha value is -0.580. The molecule has 3 N–H and O–H groups in total. The molecule has 12 heavy (non-hydrogen) atoms. The summed E-state index contributed by atoms with van der Waals surface area (Å²) in [5, 5.41) is 1.91. The Labute approximate surface area is 71.0 Å². The number of rotatable bonds is 5. The van der Waals surface area contributed by atoms with E-state index < -0.39 is 13.8 Å². The SMILES string of the molecule is CCOP(=O)(NC(N)=O)OCC. The van der Waals surface area contributed by atoms with Gasteiger partial charge in [-0.1, -0.05) is 0 Å². The van der Waals surface area contributed by atoms with E-state index in [4.69, 9.17) is 14.8 Å². The van der Waals surface area contributed by atoms with Gasteiger partial charge in [0.25, 0.3) is 0 Å². The number of urea groups is 1. The molecule has 0 aliphatic carbocycles. The number of hydrogen-bond acceptors (Lipinski definition) is 4. The molecule has 0 bridgehead atoms. The first-order chi connectivity index (χ1) is 5.54. The maximum atomic E-state index is 11.4. The first-order valence-corrected chi connectivity index (χ1v) is 5.05. The van der Waals surface area contributed by atoms with Crippen LogP contribution in [0.5, 0.6) is 0 Å². The molecule has 7 heteroatoms. The van der Waals surface area contributed by atoms with Crippen molar-refractivity contribution in [3.05, 3.63) is 0 Å². The van der Waals surface area contributed by atoms with Gasteiger partial charge in [0, 0.05) is 0 Å². The molecule has 0 aromatic carbocycles. The molecule has 0 saturated carbocycles. The number of nitrogens with two attached hydrogens (primary N) is 1. The van der Waals surface area contributed by atoms with Crippen molar-refractivity contribution < 1.29 is 18.4 Å². The topological polar surface area (TPSA) is 90.6 Å². The molecule has 0 saturated heterocycles. The van der Waals surface area contributed by atoms with E-state index in [1.165, 1.54) is 0 Å². The summed E-state index contributed by atoms with van der Waals surface area (Å²) in [5.74, 6) is 0. The third-order valence-corrected chi connectivity index (χ3v) is 2.54. The number of primary amides is 1. The van der Waals surface area contributed by atoms with Gasteiger partial charge in [-0.25, -0.2) is 14.4 Å². The lowest BCUT2D eigenvalue weighted by Gasteiger charge is -2.15. The van der Waals surface area contributed by atoms with Crippen molar-refractivity contribution in [3.8, 4) is 0 Å². The minimum Gasteiger partial charge on any atom is -0.351 e. The van der Waals surface area contributed by atoms with Crippen LogP contribution in [0.25, 0.3) is 0 Å². The van der Waals surface area contributed by atoms with Crippen LogP contribution in [0.2, 0.25) is 0 Å². The third kappa shape index (κ3) is 4.33. The Morgan fingerprint density at radius 3 is 2.08 bits per heavy atom. The van der Waals surface area contributed by atoms with Crippen LogP contribution in [-0.2, 0) is 13.6 Å². The molecule has 0 atom stereocenters. The summed E-state index contributed by atoms with van der Waals surface area (Å²) in [6.45, 7) is 3.62. The second-order valence-electron chi connectivity index (χ2n) is 1.81. The molecule has 0 spiro atoms. The van der Waals surface area contributed by atoms with E-state index in [0.29, 0.717) is 0 Å². The monoisotopic (exact) mass is 196 g/mol. The highest BCUT2D eigenvalue weighted by molar-refractivity contribution is 7.52. The molecule has 0 aromatic rings. The Balaban J connectivity index is 4.18. The second kappa shape index (κ2) is 5.13. The van der Waals surface area contributed by atoms with E-state index >= 15 is 0 Å². The lowest BCUT2D eigenvalue weighted by molar-refractivity contribution is 0.208. The van der Waals surface area contributed by atoms with Crippen molar-refractivity contribution in [2.45, 2.75) is 13.8 Å². The van der Waals surface area contributed by atoms with Crippen molar-refractivity contribution in [1.82, 2.24) is 5.09 Å². The summed E-state index contributed by atoms with van der Waals surface area (Å²) in [4.78, 5) is 10.3. The van der Waals surface area contributed by atoms with Crippen LogP contribution in [0.4, 0.5) is 4.79 Å². The Morgan fingerprint density at radius 2 is 1.83 bits per heavy atom. The van der Waals surface area contributed by atoms with E-state index in [9.17, 15) is 9.36 Å². The summed E-state index contributed by atoms with van der Waals surface area (Å²) in [5.41, 5.74) is 4.76. The zero-order chi connectivity index (χ0) is 9.61. The minimum atomic E-state index is -3.50. The highest BCUT2D eigenvalue weighted by Crippen LogP contribution is 2.42. The molecule has 0 aromatic heterocycles. The Kier molecular flexibility index (Phi) is 4.89. The fourth-order valence-corrected chi connectivity index (χ4v) is 1.73. The number of carbonyl (C=O) groups excluding carboxylic acids is 1. The molecule has 0 aliphatic heterocycles. The maximum absolute atomic E-state index is 11.4. The first kappa shape index (κ1) is 11.4. The smallest absolute Gasteiger partial charge is 0.351 e. The normalized spacial score (nSPS) is 11.2. The average molecular weight is 196 g/mol. The standard InChI is InChI=1S/C5H13N2O4P/c1-3-10-12(9,11-4-2)7-5(6)8/h3-4H2,1-2H3,(H3,6,7,8,9). The summed E-state index contributed by atoms with van der Waals surface area (Å²) < 4.78 is 20.8. The largest absolute Gasteiger partial charge is 0.436 e. The highest BCUT2D eigenvalue weighted by Gasteiger charge is 2.24. The molecule has 0 fully saturated rings. The van der Waals surface area contributed by atoms with Crippen molar-refractivity contribution >= 4 is 13.8 Å². The third-order valence-electron chi connectivity index (χ3n) is 0.845. The zero-order valence-electron chi connectivity index (χ0n) is 7.07. The van der Waals surface area contributed by atoms with Crippen LogP contribution in [0.3, 0.4) is 0 Å². The summed E-state index contributed by atoms with van der Waals surface area (Å²) in [6.07, 6.45) is 0. The molecule has 0 heterocycles. The first-order valence-electron chi connectivity index (χ1n) is 3.51. The van der Waals surface area contributed by atoms with Gasteiger partial charge in [-0.2, -0.15) is 0 Å². The van der Waals surface area contributed by atoms with E-state index in [0.717, 1.165) is 0 Å². The second-order valence-corrected chi connectivity index (χ2v) is 3.54. The lowest BCUT2D eigenvalue weighted by atomic mass is 10.9. The molecule has 0 aliphatic rings. The minimum absolute atomic E-state index is 0.178. The van der Waals surface area contributed by atoms with Gasteiger partial charge in [-0.3, -0.25) is 9.05 Å². The zero-order valence-corrected chi connectivity index (χ0v) is 7.97. The molecular formula is C5H13N2O4P. The summed E-state index contributed by atoms with van der Waals surface area (Å²) in [6, 6.07) is -0.930. The Morgan fingerprint density at radius 1 is 1.42 bits per heavy atom. The van der Waals surface area contributed by atoms with E-state index in [1.54, 1.807) is 13.8 Å². The van der Waals surface area contributed by atoms with E-state index in [2.05, 4.69) is 0 Å². The van der Waals surface area contributed by atoms with Gasteiger partial charge >= 0.3 is 13.8 Å². The number of amides is 2. The summed E-state index contributed by atoms with van der Waals surface area (Å²) >= 11 is 0. The van der Waals surface area contributed by atoms with Gasteiger partial charge in [-0.15, -0.1) is 0 Å². The van der Waals surface area contributed by atoms with Gasteiger partial charge in [0.15, 0.2) is 0 Å². The van der Waals surface area contributed by atoms with Crippen molar-refractivity contribution in [3.63, 3.8) is 0 Å². The van der Waals surface area contributed by atoms with Crippen molar-refractivity contribution in [2.75, 3.05) is 13.2 Å². The van der Waals surface area contributed by atoms with Crippen LogP contribution in [0.1, 0.15) is 13.8 Å². The van der Waals surface area contributed by atoms with E-state index in [-0.39, 0.29) is 13.2 Å². The number of hydrogen-bond donors (Lipinski definition) is 2. The molecule has 72 valence electrons. The van der Waals surface area contributed by atoms with Crippen LogP contribution in [0.15, 0.2) is 0 Å². The van der Waals surface area contributed by atoms with Gasteiger partial charge in [0.1, 0.15) is 0 Å². The molecule has 0 radical (unpaired) electrons. The van der Waals surface area contributed by atoms with Gasteiger partial charge in [0.05, 0.1) is 13.2 Å². The quantitative estimate of drug-likeness (QED) is 0.637. The summed E-state index contributed by atoms with van der Waals surface area (Å²) in [7, 11) is -3.50. The van der Waals surface area contributed by atoms with Crippen LogP contribution in [-0.4, -0.2) is 19.2 Å². The molecule has 6 nitrogen and oxygen atoms in total. The molecule has 0 unspecified atom stereocenters. The lowest BCUT2D eigenvalue weighted by Crippen LogP contribution is -2.28. The predicted molar refractivity (Wildman–Crippen MR) is 43.6 cm³/mol. The van der Waals surface area contributed by atoms with E-state index in [1.807, 2.05) is 5.09 Å². The Bertz CT molecular complexity index is 186. The fraction of sp³-hybridized carbons (Fsp3) is 0.800. The number of carbonyl (C=O) groups is 1. The molecular weight excluding hydrogens is 183 g/mol. The molecule has 2 amide bonds. The number of nitrogens with one attached hydrogen (secondary N) is 1. The molecule has 0 rings (SSSR count). The van der Waals surface area contributed by atoms with Crippen LogP contribution < -0.4 is 10.8 Å². The van der Waals surface area contributed by atoms with Gasteiger partial charge < -0.3 is 5.73 Å². The predicted octanol–water partition coefficient (Wildman–Crippen LogP) is 0.836. The van der Waals surface area contributed by atoms with Crippen LogP contribution in [0, 0.1) is 0 Å². The van der Waals surface area contributed by atoms with Crippen LogP contribution >= 0.6 is 7.75 Å². The van der Waals surface area contributed by atoms with Crippen molar-refractivity contribution in [1.29, 1.82) is 0 Å². The fourth-order valence-electron chi connectivity index (χ4n) is 0.577. The maximum Gasteiger partial charge on any atom is 0.436 e. The van der Waals surface area contributed by atoms with Gasteiger partial charge in [-0.05, 0) is 13.8 Å².